The molecule has 4 rings (SSSR count). The van der Waals surface area contributed by atoms with Crippen LogP contribution in [0, 0.1) is 21.7 Å². The molecule has 0 radical (unpaired) electrons. The third kappa shape index (κ3) is 2.57. The number of methoxy groups -OCH3 is 1. The quantitative estimate of drug-likeness (QED) is 0.596. The van der Waals surface area contributed by atoms with E-state index in [-0.39, 0.29) is 28.8 Å². The molecule has 4 unspecified atom stereocenters. The Labute approximate surface area is 143 Å². The number of rotatable bonds is 5. The Morgan fingerprint density at radius 1 is 1.08 bits per heavy atom. The van der Waals surface area contributed by atoms with Crippen molar-refractivity contribution in [2.24, 2.45) is 21.7 Å². The lowest BCUT2D eigenvalue weighted by Crippen LogP contribution is -2.63. The lowest BCUT2D eigenvalue weighted by Gasteiger charge is -2.69. The standard InChI is InChI=1S/C19H28O5/c1-13(14(21)22)4-5-17-6-16(2)7-18(9-17,12-20)11-19(8-16,10-17)15(23)24-3/h4,20H,5-12H2,1-3H3,(H,21,22). The fraction of sp³-hybridized carbons (Fsp3) is 0.789. The van der Waals surface area contributed by atoms with E-state index in [1.165, 1.54) is 7.11 Å². The van der Waals surface area contributed by atoms with Gasteiger partial charge in [-0.3, -0.25) is 4.79 Å². The molecule has 5 heteroatoms. The summed E-state index contributed by atoms with van der Waals surface area (Å²) in [5.74, 6) is -1.06. The molecule has 0 aromatic heterocycles. The van der Waals surface area contributed by atoms with Crippen molar-refractivity contribution in [1.29, 1.82) is 0 Å². The predicted molar refractivity (Wildman–Crippen MR) is 88.2 cm³/mol. The third-order valence-electron chi connectivity index (χ3n) is 6.68. The minimum Gasteiger partial charge on any atom is -0.478 e. The monoisotopic (exact) mass is 336 g/mol. The summed E-state index contributed by atoms with van der Waals surface area (Å²) in [4.78, 5) is 23.8. The van der Waals surface area contributed by atoms with E-state index < -0.39 is 11.4 Å². The number of aliphatic hydroxyl groups excluding tert-OH is 1. The molecule has 4 bridgehead atoms. The molecule has 2 N–H and O–H groups in total. The molecule has 4 saturated carbocycles. The van der Waals surface area contributed by atoms with E-state index in [1.54, 1.807) is 13.0 Å². The zero-order valence-corrected chi connectivity index (χ0v) is 14.9. The van der Waals surface area contributed by atoms with Gasteiger partial charge in [0.15, 0.2) is 0 Å². The van der Waals surface area contributed by atoms with Crippen molar-refractivity contribution in [1.82, 2.24) is 0 Å². The van der Waals surface area contributed by atoms with Gasteiger partial charge in [-0.1, -0.05) is 13.0 Å². The Morgan fingerprint density at radius 3 is 2.29 bits per heavy atom. The smallest absolute Gasteiger partial charge is 0.330 e. The number of aliphatic carboxylic acids is 1. The van der Waals surface area contributed by atoms with Crippen molar-refractivity contribution in [3.8, 4) is 0 Å². The Hall–Kier alpha value is -1.36. The van der Waals surface area contributed by atoms with Crippen molar-refractivity contribution in [3.63, 3.8) is 0 Å². The van der Waals surface area contributed by atoms with Gasteiger partial charge in [-0.2, -0.15) is 0 Å². The molecule has 24 heavy (non-hydrogen) atoms. The van der Waals surface area contributed by atoms with Crippen molar-refractivity contribution in [3.05, 3.63) is 11.6 Å². The van der Waals surface area contributed by atoms with Gasteiger partial charge in [0.2, 0.25) is 0 Å². The first-order valence-electron chi connectivity index (χ1n) is 8.71. The highest BCUT2D eigenvalue weighted by atomic mass is 16.5. The molecular formula is C19H28O5. The maximum absolute atomic E-state index is 12.6. The lowest BCUT2D eigenvalue weighted by molar-refractivity contribution is -0.219. The summed E-state index contributed by atoms with van der Waals surface area (Å²) in [6.45, 7) is 3.92. The van der Waals surface area contributed by atoms with Crippen LogP contribution in [0.5, 0.6) is 0 Å². The summed E-state index contributed by atoms with van der Waals surface area (Å²) in [5.41, 5.74) is -0.511. The van der Waals surface area contributed by atoms with Crippen LogP contribution in [0.4, 0.5) is 0 Å². The average molecular weight is 336 g/mol. The molecule has 5 nitrogen and oxygen atoms in total. The number of carbonyl (C=O) groups is 2. The van der Waals surface area contributed by atoms with E-state index >= 15 is 0 Å². The van der Waals surface area contributed by atoms with Crippen LogP contribution in [0.1, 0.15) is 58.8 Å². The molecule has 0 amide bonds. The van der Waals surface area contributed by atoms with Gasteiger partial charge in [0, 0.05) is 12.2 Å². The summed E-state index contributed by atoms with van der Waals surface area (Å²) < 4.78 is 5.15. The summed E-state index contributed by atoms with van der Waals surface area (Å²) in [6, 6.07) is 0. The fourth-order valence-corrected chi connectivity index (χ4v) is 6.88. The highest BCUT2D eigenvalue weighted by Gasteiger charge is 2.68. The topological polar surface area (TPSA) is 83.8 Å². The van der Waals surface area contributed by atoms with Crippen LogP contribution in [-0.4, -0.2) is 35.9 Å². The van der Waals surface area contributed by atoms with Gasteiger partial charge in [-0.05, 0) is 68.1 Å². The number of carbonyl (C=O) groups excluding carboxylic acids is 1. The lowest BCUT2D eigenvalue weighted by atomic mass is 9.35. The van der Waals surface area contributed by atoms with Crippen LogP contribution >= 0.6 is 0 Å². The largest absolute Gasteiger partial charge is 0.478 e. The summed E-state index contributed by atoms with van der Waals surface area (Å²) in [5, 5.41) is 19.3. The highest BCUT2D eigenvalue weighted by Crippen LogP contribution is 2.74. The first kappa shape index (κ1) is 17.5. The van der Waals surface area contributed by atoms with E-state index in [2.05, 4.69) is 6.92 Å². The van der Waals surface area contributed by atoms with Gasteiger partial charge >= 0.3 is 11.9 Å². The van der Waals surface area contributed by atoms with Gasteiger partial charge in [-0.15, -0.1) is 0 Å². The van der Waals surface area contributed by atoms with Crippen LogP contribution in [-0.2, 0) is 14.3 Å². The van der Waals surface area contributed by atoms with Gasteiger partial charge in [-0.25, -0.2) is 4.79 Å². The Kier molecular flexibility index (Phi) is 3.87. The van der Waals surface area contributed by atoms with E-state index in [1.807, 2.05) is 0 Å². The highest BCUT2D eigenvalue weighted by molar-refractivity contribution is 5.85. The first-order chi connectivity index (χ1) is 11.1. The normalized spacial score (nSPS) is 43.8. The number of hydrogen-bond donors (Lipinski definition) is 2. The molecule has 4 fully saturated rings. The summed E-state index contributed by atoms with van der Waals surface area (Å²) in [6.07, 6.45) is 7.51. The first-order valence-corrected chi connectivity index (χ1v) is 8.71. The van der Waals surface area contributed by atoms with Crippen molar-refractivity contribution in [2.45, 2.75) is 58.8 Å². The molecule has 0 aromatic carbocycles. The molecule has 0 aliphatic heterocycles. The van der Waals surface area contributed by atoms with Crippen LogP contribution in [0.3, 0.4) is 0 Å². The van der Waals surface area contributed by atoms with Gasteiger partial charge in [0.05, 0.1) is 12.5 Å². The average Bonchev–Trinajstić information content (AvgIpc) is 2.49. The minimum atomic E-state index is -0.898. The zero-order chi connectivity index (χ0) is 17.8. The molecule has 0 heterocycles. The SMILES string of the molecule is COC(=O)C12CC3(C)CC(CO)(CC(CC=C(C)C(=O)O)(C3)C1)C2. The Balaban J connectivity index is 2.01. The number of esters is 1. The van der Waals surface area contributed by atoms with Crippen LogP contribution in [0.25, 0.3) is 0 Å². The van der Waals surface area contributed by atoms with Gasteiger partial charge < -0.3 is 14.9 Å². The predicted octanol–water partition coefficient (Wildman–Crippen LogP) is 2.92. The number of allylic oxidation sites excluding steroid dienone is 1. The molecular weight excluding hydrogens is 308 g/mol. The van der Waals surface area contributed by atoms with Crippen LogP contribution in [0.2, 0.25) is 0 Å². The zero-order valence-electron chi connectivity index (χ0n) is 14.9. The van der Waals surface area contributed by atoms with Crippen molar-refractivity contribution >= 4 is 11.9 Å². The fourth-order valence-electron chi connectivity index (χ4n) is 6.88. The summed E-state index contributed by atoms with van der Waals surface area (Å²) >= 11 is 0. The Bertz CT molecular complexity index is 611. The number of ether oxygens (including phenoxy) is 1. The number of hydrogen-bond acceptors (Lipinski definition) is 4. The molecule has 0 spiro atoms. The molecule has 134 valence electrons. The number of carboxylic acid groups (broad SMARTS) is 1. The van der Waals surface area contributed by atoms with Crippen molar-refractivity contribution < 1.29 is 24.5 Å². The molecule has 4 aliphatic rings. The van der Waals surface area contributed by atoms with Crippen molar-refractivity contribution in [2.75, 3.05) is 13.7 Å². The number of carboxylic acids is 1. The molecule has 4 atom stereocenters. The third-order valence-corrected chi connectivity index (χ3v) is 6.68. The van der Waals surface area contributed by atoms with Crippen LogP contribution in [0.15, 0.2) is 11.6 Å². The van der Waals surface area contributed by atoms with E-state index in [0.29, 0.717) is 18.4 Å². The van der Waals surface area contributed by atoms with Gasteiger partial charge in [0.25, 0.3) is 0 Å². The van der Waals surface area contributed by atoms with E-state index in [9.17, 15) is 14.7 Å². The van der Waals surface area contributed by atoms with E-state index in [0.717, 1.165) is 32.1 Å². The maximum Gasteiger partial charge on any atom is 0.330 e. The molecule has 4 aliphatic carbocycles. The minimum absolute atomic E-state index is 0.0106. The van der Waals surface area contributed by atoms with E-state index in [4.69, 9.17) is 9.84 Å². The second-order valence-corrected chi connectivity index (χ2v) is 9.20. The maximum atomic E-state index is 12.6. The molecule has 0 saturated heterocycles. The Morgan fingerprint density at radius 2 is 1.71 bits per heavy atom. The number of aliphatic hydroxyl groups is 1. The summed E-state index contributed by atoms with van der Waals surface area (Å²) in [7, 11) is 1.44. The molecule has 0 aromatic rings. The second-order valence-electron chi connectivity index (χ2n) is 9.20. The van der Waals surface area contributed by atoms with Gasteiger partial charge in [0.1, 0.15) is 0 Å². The van der Waals surface area contributed by atoms with Crippen LogP contribution < -0.4 is 0 Å². The second kappa shape index (κ2) is 5.32.